The normalized spacial score (nSPS) is 14.0. The number of rotatable bonds is 94. The maximum absolute atomic E-state index is 13.2. The molecule has 0 aliphatic heterocycles. The van der Waals surface area contributed by atoms with Crippen LogP contribution in [0.2, 0.25) is 0 Å². The van der Waals surface area contributed by atoms with Gasteiger partial charge >= 0.3 is 39.5 Å². The van der Waals surface area contributed by atoms with Crippen LogP contribution in [0.1, 0.15) is 518 Å². The summed E-state index contributed by atoms with van der Waals surface area (Å²) in [5.74, 6) is 1.16. The summed E-state index contributed by atoms with van der Waals surface area (Å²) >= 11 is 0. The Kier molecular flexibility index (Phi) is 83.8. The Hall–Kier alpha value is -1.94. The van der Waals surface area contributed by atoms with E-state index in [1.807, 2.05) is 0 Å². The molecule has 0 spiro atoms. The highest BCUT2D eigenvalue weighted by Crippen LogP contribution is 2.45. The Balaban J connectivity index is 5.24. The maximum Gasteiger partial charge on any atom is 0.472 e. The zero-order valence-corrected chi connectivity index (χ0v) is 78.9. The standard InChI is InChI=1S/C97H190O17P2/c1-9-90(8)76-68-60-52-44-36-30-24-18-12-15-21-27-33-39-47-56-64-71-79-96(101)113-92(83-107-94(99)77-69-61-53-45-37-31-25-19-13-10-16-22-28-34-41-49-57-65-73-87(2)3)85-111-115(103,104)109-81-91(98)82-110-116(105,106)112-86-93(84-108-95(100)78-70-62-54-48-40-43-51-59-67-75-89(6)7)114-97(102)80-72-63-55-46-38-32-26-20-14-11-17-23-29-35-42-50-58-66-74-88(4)5/h87-93,98H,9-86H2,1-8H3,(H,103,104)(H,105,106)/t90?,91-,92-,93-/m1/s1. The molecule has 0 heterocycles. The minimum absolute atomic E-state index is 0.108. The molecule has 3 N–H and O–H groups in total. The van der Waals surface area contributed by atoms with Gasteiger partial charge in [0.2, 0.25) is 0 Å². The summed E-state index contributed by atoms with van der Waals surface area (Å²) in [6, 6.07) is 0. The number of phosphoric ester groups is 2. The van der Waals surface area contributed by atoms with Crippen LogP contribution in [-0.2, 0) is 65.4 Å². The first-order valence-electron chi connectivity index (χ1n) is 49.7. The second kappa shape index (κ2) is 85.2. The van der Waals surface area contributed by atoms with Crippen molar-refractivity contribution in [3.05, 3.63) is 0 Å². The lowest BCUT2D eigenvalue weighted by Gasteiger charge is -2.21. The summed E-state index contributed by atoms with van der Waals surface area (Å²) in [5.41, 5.74) is 0. The van der Waals surface area contributed by atoms with Crippen LogP contribution in [0.4, 0.5) is 0 Å². The Morgan fingerprint density at radius 3 is 0.612 bits per heavy atom. The van der Waals surface area contributed by atoms with E-state index < -0.39 is 97.5 Å². The lowest BCUT2D eigenvalue weighted by atomic mass is 9.99. The van der Waals surface area contributed by atoms with E-state index >= 15 is 0 Å². The predicted octanol–water partition coefficient (Wildman–Crippen LogP) is 30.2. The molecule has 0 saturated heterocycles. The van der Waals surface area contributed by atoms with E-state index in [1.165, 1.54) is 321 Å². The van der Waals surface area contributed by atoms with E-state index in [4.69, 9.17) is 37.0 Å². The Labute approximate surface area is 715 Å². The molecule has 0 aliphatic carbocycles. The van der Waals surface area contributed by atoms with Gasteiger partial charge < -0.3 is 33.8 Å². The Morgan fingerprint density at radius 2 is 0.414 bits per heavy atom. The van der Waals surface area contributed by atoms with Crippen LogP contribution in [0.5, 0.6) is 0 Å². The van der Waals surface area contributed by atoms with Crippen molar-refractivity contribution in [3.8, 4) is 0 Å². The Bertz CT molecular complexity index is 2240. The van der Waals surface area contributed by atoms with Crippen LogP contribution in [0, 0.1) is 23.7 Å². The lowest BCUT2D eigenvalue weighted by Crippen LogP contribution is -2.30. The predicted molar refractivity (Wildman–Crippen MR) is 483 cm³/mol. The van der Waals surface area contributed by atoms with Crippen molar-refractivity contribution in [2.45, 2.75) is 536 Å². The summed E-state index contributed by atoms with van der Waals surface area (Å²) in [5, 5.41) is 10.7. The van der Waals surface area contributed by atoms with Crippen molar-refractivity contribution in [1.82, 2.24) is 0 Å². The number of hydrogen-bond donors (Lipinski definition) is 3. The first-order chi connectivity index (χ1) is 56.1. The van der Waals surface area contributed by atoms with Gasteiger partial charge in [-0.25, -0.2) is 9.13 Å². The molecule has 0 aromatic rings. The van der Waals surface area contributed by atoms with Gasteiger partial charge in [-0.3, -0.25) is 37.3 Å². The fourth-order valence-corrected chi connectivity index (χ4v) is 16.8. The number of esters is 4. The molecule has 3 unspecified atom stereocenters. The van der Waals surface area contributed by atoms with Crippen molar-refractivity contribution in [2.24, 2.45) is 23.7 Å². The molecule has 6 atom stereocenters. The number of ether oxygens (including phenoxy) is 4. The van der Waals surface area contributed by atoms with E-state index in [2.05, 4.69) is 55.4 Å². The fourth-order valence-electron chi connectivity index (χ4n) is 15.2. The van der Waals surface area contributed by atoms with Gasteiger partial charge in [0.15, 0.2) is 12.2 Å². The minimum Gasteiger partial charge on any atom is -0.462 e. The molecule has 0 radical (unpaired) electrons. The minimum atomic E-state index is -4.97. The third kappa shape index (κ3) is 88.4. The maximum atomic E-state index is 13.2. The number of hydrogen-bond acceptors (Lipinski definition) is 15. The number of aliphatic hydroxyl groups is 1. The average Bonchev–Trinajstić information content (AvgIpc) is 0.896. The SMILES string of the molecule is CCC(C)CCCCCCCCCCCCCCCCCCCCC(=O)O[C@H](COC(=O)CCCCCCCCCCCCCCCCCCCCC(C)C)COP(=O)(O)OC[C@@H](O)COP(=O)(O)OC[C@@H](COC(=O)CCCCCCCCCCCC(C)C)OC(=O)CCCCCCCCCCCCCCCCCCCCC(C)C. The summed E-state index contributed by atoms with van der Waals surface area (Å²) in [7, 11) is -9.95. The molecule has 0 aromatic carbocycles. The molecular formula is C97H190O17P2. The monoisotopic (exact) mass is 1690 g/mol. The van der Waals surface area contributed by atoms with Gasteiger partial charge in [-0.2, -0.15) is 0 Å². The Morgan fingerprint density at radius 1 is 0.241 bits per heavy atom. The zero-order chi connectivity index (χ0) is 85.2. The molecule has 690 valence electrons. The highest BCUT2D eigenvalue weighted by molar-refractivity contribution is 7.47. The zero-order valence-electron chi connectivity index (χ0n) is 77.1. The van der Waals surface area contributed by atoms with E-state index in [0.717, 1.165) is 114 Å². The highest BCUT2D eigenvalue weighted by Gasteiger charge is 2.31. The molecule has 17 nitrogen and oxygen atoms in total. The molecule has 0 saturated carbocycles. The van der Waals surface area contributed by atoms with Crippen LogP contribution in [0.15, 0.2) is 0 Å². The highest BCUT2D eigenvalue weighted by atomic mass is 31.2. The van der Waals surface area contributed by atoms with Crippen LogP contribution in [0.3, 0.4) is 0 Å². The van der Waals surface area contributed by atoms with Gasteiger partial charge in [-0.05, 0) is 49.4 Å². The van der Waals surface area contributed by atoms with Gasteiger partial charge in [-0.15, -0.1) is 0 Å². The van der Waals surface area contributed by atoms with E-state index in [-0.39, 0.29) is 25.7 Å². The average molecular weight is 1690 g/mol. The van der Waals surface area contributed by atoms with Crippen LogP contribution in [0.25, 0.3) is 0 Å². The van der Waals surface area contributed by atoms with Crippen LogP contribution >= 0.6 is 15.6 Å². The number of unbranched alkanes of at least 4 members (excludes halogenated alkanes) is 59. The van der Waals surface area contributed by atoms with Crippen molar-refractivity contribution < 1.29 is 80.2 Å². The molecule has 0 fully saturated rings. The number of carbonyl (C=O) groups is 4. The molecule has 0 bridgehead atoms. The topological polar surface area (TPSA) is 237 Å². The molecule has 0 aromatic heterocycles. The second-order valence-electron chi connectivity index (χ2n) is 36.5. The summed E-state index contributed by atoms with van der Waals surface area (Å²) in [6.45, 7) is 14.5. The van der Waals surface area contributed by atoms with Crippen LogP contribution in [-0.4, -0.2) is 96.7 Å². The molecular weight excluding hydrogens is 1500 g/mol. The first kappa shape index (κ1) is 114. The molecule has 0 rings (SSSR count). The molecule has 0 aliphatic rings. The summed E-state index contributed by atoms with van der Waals surface area (Å²) < 4.78 is 69.3. The molecule has 0 amide bonds. The largest absolute Gasteiger partial charge is 0.472 e. The van der Waals surface area contributed by atoms with E-state index in [9.17, 15) is 43.2 Å². The van der Waals surface area contributed by atoms with Gasteiger partial charge in [0.25, 0.3) is 0 Å². The van der Waals surface area contributed by atoms with E-state index in [1.54, 1.807) is 0 Å². The summed E-state index contributed by atoms with van der Waals surface area (Å²) in [6.07, 6.45) is 79.3. The van der Waals surface area contributed by atoms with Gasteiger partial charge in [-0.1, -0.05) is 466 Å². The molecule has 116 heavy (non-hydrogen) atoms. The molecule has 19 heteroatoms. The first-order valence-corrected chi connectivity index (χ1v) is 52.7. The second-order valence-corrected chi connectivity index (χ2v) is 39.4. The van der Waals surface area contributed by atoms with Crippen molar-refractivity contribution >= 4 is 39.5 Å². The van der Waals surface area contributed by atoms with Crippen molar-refractivity contribution in [3.63, 3.8) is 0 Å². The van der Waals surface area contributed by atoms with Crippen molar-refractivity contribution in [1.29, 1.82) is 0 Å². The fraction of sp³-hybridized carbons (Fsp3) is 0.959. The third-order valence-electron chi connectivity index (χ3n) is 23.2. The number of aliphatic hydroxyl groups excluding tert-OH is 1. The lowest BCUT2D eigenvalue weighted by molar-refractivity contribution is -0.161. The van der Waals surface area contributed by atoms with Gasteiger partial charge in [0, 0.05) is 25.7 Å². The number of phosphoric acid groups is 2. The quantitative estimate of drug-likeness (QED) is 0.0222. The van der Waals surface area contributed by atoms with Gasteiger partial charge in [0.05, 0.1) is 26.4 Å². The van der Waals surface area contributed by atoms with Crippen molar-refractivity contribution in [2.75, 3.05) is 39.6 Å². The van der Waals surface area contributed by atoms with Crippen LogP contribution < -0.4 is 0 Å². The third-order valence-corrected chi connectivity index (χ3v) is 25.1. The number of carbonyl (C=O) groups excluding carboxylic acids is 4. The summed E-state index contributed by atoms with van der Waals surface area (Å²) in [4.78, 5) is 73.6. The smallest absolute Gasteiger partial charge is 0.462 e. The van der Waals surface area contributed by atoms with Gasteiger partial charge in [0.1, 0.15) is 19.3 Å². The van der Waals surface area contributed by atoms with E-state index in [0.29, 0.717) is 25.7 Å².